The molecule has 1 N–H and O–H groups in total. The van der Waals surface area contributed by atoms with E-state index in [-0.39, 0.29) is 11.7 Å². The van der Waals surface area contributed by atoms with E-state index in [4.69, 9.17) is 10.00 Å². The Morgan fingerprint density at radius 1 is 1.29 bits per heavy atom. The van der Waals surface area contributed by atoms with E-state index < -0.39 is 5.82 Å². The first kappa shape index (κ1) is 14.9. The van der Waals surface area contributed by atoms with Crippen LogP contribution in [0.1, 0.15) is 25.8 Å². The number of benzene rings is 2. The molecule has 0 radical (unpaired) electrons. The zero-order chi connectivity index (χ0) is 15.2. The minimum Gasteiger partial charge on any atom is -0.491 e. The van der Waals surface area contributed by atoms with E-state index in [1.54, 1.807) is 6.07 Å². The summed E-state index contributed by atoms with van der Waals surface area (Å²) in [5.74, 6) is 0.334. The first-order valence-corrected chi connectivity index (χ1v) is 6.85. The van der Waals surface area contributed by atoms with Crippen LogP contribution in [0.3, 0.4) is 0 Å². The van der Waals surface area contributed by atoms with E-state index in [1.165, 1.54) is 12.1 Å². The molecule has 0 heterocycles. The Bertz CT molecular complexity index is 664. The van der Waals surface area contributed by atoms with Crippen LogP contribution >= 0.6 is 0 Å². The van der Waals surface area contributed by atoms with E-state index in [1.807, 2.05) is 37.3 Å². The molecule has 2 aromatic rings. The highest BCUT2D eigenvalue weighted by Gasteiger charge is 2.06. The van der Waals surface area contributed by atoms with Crippen LogP contribution in [-0.4, -0.2) is 6.10 Å². The summed E-state index contributed by atoms with van der Waals surface area (Å²) < 4.78 is 18.9. The summed E-state index contributed by atoms with van der Waals surface area (Å²) in [6.45, 7) is 4.07. The minimum absolute atomic E-state index is 0.140. The van der Waals surface area contributed by atoms with Gasteiger partial charge in [-0.05, 0) is 43.7 Å². The average molecular weight is 284 g/mol. The highest BCUT2D eigenvalue weighted by atomic mass is 19.1. The number of halogens is 1. The molecule has 21 heavy (non-hydrogen) atoms. The number of nitrogens with zero attached hydrogens (tertiary/aromatic N) is 1. The number of ether oxygens (including phenoxy) is 1. The molecule has 108 valence electrons. The zero-order valence-electron chi connectivity index (χ0n) is 12.1. The predicted octanol–water partition coefficient (Wildman–Crippen LogP) is 4.62. The van der Waals surface area contributed by atoms with Crippen molar-refractivity contribution in [1.82, 2.24) is 0 Å². The van der Waals surface area contributed by atoms with Gasteiger partial charge < -0.3 is 10.1 Å². The molecular formula is C17H17FN2O. The van der Waals surface area contributed by atoms with Gasteiger partial charge in [-0.15, -0.1) is 0 Å². The molecule has 0 bridgehead atoms. The van der Waals surface area contributed by atoms with Crippen LogP contribution in [0, 0.1) is 17.1 Å². The summed E-state index contributed by atoms with van der Waals surface area (Å²) in [6.07, 6.45) is 1.06. The maximum atomic E-state index is 13.1. The first-order chi connectivity index (χ1) is 10.1. The molecule has 3 nitrogen and oxygen atoms in total. The van der Waals surface area contributed by atoms with Crippen molar-refractivity contribution in [3.8, 4) is 11.8 Å². The Labute approximate surface area is 124 Å². The van der Waals surface area contributed by atoms with Crippen LogP contribution in [0.4, 0.5) is 15.8 Å². The third kappa shape index (κ3) is 3.96. The number of rotatable bonds is 5. The highest BCUT2D eigenvalue weighted by molar-refractivity contribution is 5.67. The van der Waals surface area contributed by atoms with Crippen LogP contribution in [0.5, 0.6) is 5.75 Å². The lowest BCUT2D eigenvalue weighted by Gasteiger charge is -2.14. The third-order valence-corrected chi connectivity index (χ3v) is 3.13. The van der Waals surface area contributed by atoms with Crippen LogP contribution in [0.2, 0.25) is 0 Å². The minimum atomic E-state index is -0.425. The molecule has 0 saturated heterocycles. The van der Waals surface area contributed by atoms with Crippen LogP contribution in [0.25, 0.3) is 0 Å². The number of hydrogen-bond donors (Lipinski definition) is 1. The van der Waals surface area contributed by atoms with Gasteiger partial charge in [-0.25, -0.2) is 4.39 Å². The van der Waals surface area contributed by atoms with Gasteiger partial charge in [-0.1, -0.05) is 13.0 Å². The van der Waals surface area contributed by atoms with Gasteiger partial charge in [0.25, 0.3) is 0 Å². The lowest BCUT2D eigenvalue weighted by Crippen LogP contribution is -2.09. The predicted molar refractivity (Wildman–Crippen MR) is 81.2 cm³/mol. The molecule has 2 rings (SSSR count). The maximum Gasteiger partial charge on any atom is 0.124 e. The van der Waals surface area contributed by atoms with Crippen LogP contribution in [-0.2, 0) is 0 Å². The third-order valence-electron chi connectivity index (χ3n) is 3.13. The lowest BCUT2D eigenvalue weighted by atomic mass is 10.2. The monoisotopic (exact) mass is 284 g/mol. The van der Waals surface area contributed by atoms with Gasteiger partial charge >= 0.3 is 0 Å². The topological polar surface area (TPSA) is 45.0 Å². The molecule has 0 aliphatic heterocycles. The summed E-state index contributed by atoms with van der Waals surface area (Å²) in [5.41, 5.74) is 1.63. The van der Waals surface area contributed by atoms with Gasteiger partial charge in [-0.3, -0.25) is 0 Å². The van der Waals surface area contributed by atoms with Gasteiger partial charge in [0.05, 0.1) is 17.4 Å². The normalized spacial score (nSPS) is 11.5. The van der Waals surface area contributed by atoms with E-state index in [0.717, 1.165) is 17.9 Å². The van der Waals surface area contributed by atoms with E-state index in [0.29, 0.717) is 5.69 Å². The number of hydrogen-bond acceptors (Lipinski definition) is 3. The SMILES string of the molecule is CCC(C)Oc1cccc(Nc2ccc(F)cc2C#N)c1. The largest absolute Gasteiger partial charge is 0.491 e. The Hall–Kier alpha value is -2.54. The fourth-order valence-electron chi connectivity index (χ4n) is 1.84. The molecule has 0 saturated carbocycles. The molecule has 0 amide bonds. The van der Waals surface area contributed by atoms with Crippen molar-refractivity contribution in [2.45, 2.75) is 26.4 Å². The summed E-state index contributed by atoms with van der Waals surface area (Å²) >= 11 is 0. The van der Waals surface area contributed by atoms with Gasteiger partial charge in [0.2, 0.25) is 0 Å². The Morgan fingerprint density at radius 3 is 2.81 bits per heavy atom. The van der Waals surface area contributed by atoms with Gasteiger partial charge in [-0.2, -0.15) is 5.26 Å². The summed E-state index contributed by atoms with van der Waals surface area (Å²) in [6, 6.07) is 13.5. The molecule has 1 unspecified atom stereocenters. The summed E-state index contributed by atoms with van der Waals surface area (Å²) in [5, 5.41) is 12.2. The van der Waals surface area contributed by atoms with Crippen LogP contribution in [0.15, 0.2) is 42.5 Å². The second-order valence-electron chi connectivity index (χ2n) is 4.79. The number of nitrogens with one attached hydrogen (secondary N) is 1. The highest BCUT2D eigenvalue weighted by Crippen LogP contribution is 2.25. The van der Waals surface area contributed by atoms with E-state index in [9.17, 15) is 4.39 Å². The quantitative estimate of drug-likeness (QED) is 0.871. The Balaban J connectivity index is 2.20. The van der Waals surface area contributed by atoms with Crippen molar-refractivity contribution in [2.24, 2.45) is 0 Å². The number of nitriles is 1. The van der Waals surface area contributed by atoms with Crippen molar-refractivity contribution in [3.05, 3.63) is 53.8 Å². The van der Waals surface area contributed by atoms with Crippen molar-refractivity contribution in [2.75, 3.05) is 5.32 Å². The lowest BCUT2D eigenvalue weighted by molar-refractivity contribution is 0.217. The molecule has 4 heteroatoms. The van der Waals surface area contributed by atoms with Crippen molar-refractivity contribution < 1.29 is 9.13 Å². The Morgan fingerprint density at radius 2 is 2.10 bits per heavy atom. The summed E-state index contributed by atoms with van der Waals surface area (Å²) in [4.78, 5) is 0. The van der Waals surface area contributed by atoms with Gasteiger partial charge in [0.1, 0.15) is 17.6 Å². The van der Waals surface area contributed by atoms with E-state index in [2.05, 4.69) is 12.2 Å². The Kier molecular flexibility index (Phi) is 4.78. The number of anilines is 2. The first-order valence-electron chi connectivity index (χ1n) is 6.85. The molecule has 0 aliphatic carbocycles. The van der Waals surface area contributed by atoms with Gasteiger partial charge in [0, 0.05) is 11.8 Å². The molecule has 2 aromatic carbocycles. The second-order valence-corrected chi connectivity index (χ2v) is 4.79. The van der Waals surface area contributed by atoms with E-state index >= 15 is 0 Å². The average Bonchev–Trinajstić information content (AvgIpc) is 2.49. The van der Waals surface area contributed by atoms with Gasteiger partial charge in [0.15, 0.2) is 0 Å². The fraction of sp³-hybridized carbons (Fsp3) is 0.235. The van der Waals surface area contributed by atoms with Crippen molar-refractivity contribution in [1.29, 1.82) is 5.26 Å². The van der Waals surface area contributed by atoms with Crippen molar-refractivity contribution in [3.63, 3.8) is 0 Å². The molecule has 0 fully saturated rings. The standard InChI is InChI=1S/C17H17FN2O/c1-3-12(2)21-16-6-4-5-15(10-16)20-17-8-7-14(18)9-13(17)11-19/h4-10,12,20H,3H2,1-2H3. The van der Waals surface area contributed by atoms with Crippen LogP contribution < -0.4 is 10.1 Å². The summed E-state index contributed by atoms with van der Waals surface area (Å²) in [7, 11) is 0. The fourth-order valence-corrected chi connectivity index (χ4v) is 1.84. The maximum absolute atomic E-state index is 13.1. The second kappa shape index (κ2) is 6.76. The smallest absolute Gasteiger partial charge is 0.124 e. The molecule has 0 aliphatic rings. The molecular weight excluding hydrogens is 267 g/mol. The van der Waals surface area contributed by atoms with Crippen molar-refractivity contribution >= 4 is 11.4 Å². The molecule has 0 spiro atoms. The molecule has 1 atom stereocenters. The molecule has 0 aromatic heterocycles. The zero-order valence-corrected chi connectivity index (χ0v) is 12.1.